The van der Waals surface area contributed by atoms with Crippen LogP contribution < -0.4 is 32.3 Å². The Labute approximate surface area is 268 Å². The van der Waals surface area contributed by atoms with Gasteiger partial charge in [0.15, 0.2) is 5.96 Å². The van der Waals surface area contributed by atoms with Gasteiger partial charge in [0.2, 0.25) is 11.8 Å². The van der Waals surface area contributed by atoms with Crippen molar-refractivity contribution in [3.8, 4) is 0 Å². The first-order valence-electron chi connectivity index (χ1n) is 15.7. The predicted molar refractivity (Wildman–Crippen MR) is 174 cm³/mol. The molecule has 13 heteroatoms. The Balaban J connectivity index is 2.80. The molecule has 254 valence electrons. The number of nitrogens with one attached hydrogen (secondary N) is 6. The SMILES string of the molecule is CNC(=N)NCCC[C@@H](NC(=O)[C@H](N)CCCCNC(=O)OC(C)(C)C)C(=O)N[C@@H](CC(C)C)C(=O)OCc1ccc(C)cc1. The van der Waals surface area contributed by atoms with E-state index in [-0.39, 0.29) is 24.9 Å². The summed E-state index contributed by atoms with van der Waals surface area (Å²) in [6.45, 7) is 12.0. The van der Waals surface area contributed by atoms with Crippen LogP contribution in [0.2, 0.25) is 0 Å². The molecule has 0 unspecified atom stereocenters. The molecule has 0 heterocycles. The monoisotopic (exact) mass is 633 g/mol. The van der Waals surface area contributed by atoms with E-state index in [1.807, 2.05) is 45.0 Å². The number of carbonyl (C=O) groups is 4. The number of unbranched alkanes of at least 4 members (excludes halogenated alkanes) is 1. The van der Waals surface area contributed by atoms with E-state index >= 15 is 0 Å². The Morgan fingerprint density at radius 3 is 2.11 bits per heavy atom. The molecule has 0 saturated heterocycles. The Hall–Kier alpha value is -3.87. The van der Waals surface area contributed by atoms with E-state index in [1.54, 1.807) is 27.8 Å². The van der Waals surface area contributed by atoms with Gasteiger partial charge in [0, 0.05) is 20.1 Å². The van der Waals surface area contributed by atoms with Gasteiger partial charge >= 0.3 is 12.1 Å². The second-order valence-electron chi connectivity index (χ2n) is 12.6. The zero-order valence-corrected chi connectivity index (χ0v) is 28.0. The molecule has 0 aliphatic heterocycles. The Bertz CT molecular complexity index is 1090. The van der Waals surface area contributed by atoms with E-state index in [0.717, 1.165) is 11.1 Å². The molecule has 13 nitrogen and oxygen atoms in total. The minimum absolute atomic E-state index is 0.0784. The van der Waals surface area contributed by atoms with Crippen LogP contribution in [0.5, 0.6) is 0 Å². The molecule has 0 aliphatic carbocycles. The van der Waals surface area contributed by atoms with Crippen LogP contribution in [0.3, 0.4) is 0 Å². The molecular weight excluding hydrogens is 578 g/mol. The zero-order valence-electron chi connectivity index (χ0n) is 28.0. The third-order valence-corrected chi connectivity index (χ3v) is 6.61. The molecule has 0 aliphatic rings. The Kier molecular flexibility index (Phi) is 17.6. The van der Waals surface area contributed by atoms with Gasteiger partial charge in [-0.05, 0) is 77.7 Å². The number of ether oxygens (including phenoxy) is 2. The summed E-state index contributed by atoms with van der Waals surface area (Å²) in [5.74, 6) is -1.34. The Morgan fingerprint density at radius 2 is 1.51 bits per heavy atom. The number of benzene rings is 1. The van der Waals surface area contributed by atoms with Crippen molar-refractivity contribution in [2.45, 2.75) is 110 Å². The standard InChI is InChI=1S/C32H55N7O6/c1-21(2)19-26(29(42)44-20-23-15-13-22(3)14-16-23)39-28(41)25(12-10-18-36-30(34)35-7)38-27(40)24(33)11-8-9-17-37-31(43)45-32(4,5)6/h13-16,21,24-26H,8-12,17-20,33H2,1-7H3,(H,37,43)(H,38,40)(H,39,41)(H3,34,35,36)/t24-,25-,26+/m1/s1. The van der Waals surface area contributed by atoms with Gasteiger partial charge in [-0.3, -0.25) is 15.0 Å². The van der Waals surface area contributed by atoms with E-state index in [4.69, 9.17) is 20.6 Å². The van der Waals surface area contributed by atoms with Crippen LogP contribution in [-0.4, -0.2) is 73.7 Å². The second-order valence-corrected chi connectivity index (χ2v) is 12.6. The number of carbonyl (C=O) groups excluding carboxylic acids is 4. The summed E-state index contributed by atoms with van der Waals surface area (Å²) in [7, 11) is 1.62. The second kappa shape index (κ2) is 20.2. The number of alkyl carbamates (subject to hydrolysis) is 1. The van der Waals surface area contributed by atoms with Crippen LogP contribution >= 0.6 is 0 Å². The molecule has 0 aromatic heterocycles. The fraction of sp³-hybridized carbons (Fsp3) is 0.656. The number of hydrogen-bond donors (Lipinski definition) is 7. The van der Waals surface area contributed by atoms with Crippen LogP contribution in [0.25, 0.3) is 0 Å². The van der Waals surface area contributed by atoms with Crippen LogP contribution in [0, 0.1) is 18.3 Å². The summed E-state index contributed by atoms with van der Waals surface area (Å²) in [5, 5.41) is 21.4. The molecular formula is C32H55N7O6. The molecule has 0 radical (unpaired) electrons. The van der Waals surface area contributed by atoms with E-state index in [1.165, 1.54) is 0 Å². The molecule has 45 heavy (non-hydrogen) atoms. The quantitative estimate of drug-likeness (QED) is 0.0550. The van der Waals surface area contributed by atoms with Crippen molar-refractivity contribution in [3.63, 3.8) is 0 Å². The van der Waals surface area contributed by atoms with Gasteiger partial charge in [-0.1, -0.05) is 43.7 Å². The fourth-order valence-electron chi connectivity index (χ4n) is 4.18. The summed E-state index contributed by atoms with van der Waals surface area (Å²) < 4.78 is 10.7. The highest BCUT2D eigenvalue weighted by molar-refractivity contribution is 5.92. The summed E-state index contributed by atoms with van der Waals surface area (Å²) in [5.41, 5.74) is 7.49. The highest BCUT2D eigenvalue weighted by Crippen LogP contribution is 2.11. The van der Waals surface area contributed by atoms with Crippen molar-refractivity contribution in [3.05, 3.63) is 35.4 Å². The average Bonchev–Trinajstić information content (AvgIpc) is 2.95. The third kappa shape index (κ3) is 17.9. The highest BCUT2D eigenvalue weighted by atomic mass is 16.6. The van der Waals surface area contributed by atoms with E-state index in [9.17, 15) is 19.2 Å². The van der Waals surface area contributed by atoms with Crippen LogP contribution in [0.15, 0.2) is 24.3 Å². The molecule has 0 fully saturated rings. The average molecular weight is 634 g/mol. The Morgan fingerprint density at radius 1 is 0.889 bits per heavy atom. The third-order valence-electron chi connectivity index (χ3n) is 6.61. The van der Waals surface area contributed by atoms with E-state index in [2.05, 4.69) is 26.6 Å². The summed E-state index contributed by atoms with van der Waals surface area (Å²) in [4.78, 5) is 51.3. The molecule has 0 bridgehead atoms. The van der Waals surface area contributed by atoms with Crippen molar-refractivity contribution in [1.29, 1.82) is 5.41 Å². The zero-order chi connectivity index (χ0) is 34.0. The summed E-state index contributed by atoms with van der Waals surface area (Å²) in [6, 6.07) is 4.90. The minimum Gasteiger partial charge on any atom is -0.459 e. The molecule has 1 aromatic carbocycles. The lowest BCUT2D eigenvalue weighted by molar-refractivity contribution is -0.149. The molecule has 0 saturated carbocycles. The molecule has 1 rings (SSSR count). The molecule has 0 spiro atoms. The number of hydrogen-bond acceptors (Lipinski definition) is 8. The van der Waals surface area contributed by atoms with Crippen molar-refractivity contribution >= 4 is 29.8 Å². The first kappa shape index (κ1) is 39.2. The highest BCUT2D eigenvalue weighted by Gasteiger charge is 2.29. The van der Waals surface area contributed by atoms with Gasteiger partial charge in [0.25, 0.3) is 0 Å². The fourth-order valence-corrected chi connectivity index (χ4v) is 4.18. The van der Waals surface area contributed by atoms with Crippen LogP contribution in [-0.2, 0) is 30.5 Å². The van der Waals surface area contributed by atoms with Crippen molar-refractivity contribution < 1.29 is 28.7 Å². The van der Waals surface area contributed by atoms with Gasteiger partial charge in [-0.25, -0.2) is 9.59 Å². The lowest BCUT2D eigenvalue weighted by Crippen LogP contribution is -2.55. The van der Waals surface area contributed by atoms with Gasteiger partial charge < -0.3 is 41.8 Å². The van der Waals surface area contributed by atoms with Gasteiger partial charge in [-0.2, -0.15) is 0 Å². The normalized spacial score (nSPS) is 13.2. The van der Waals surface area contributed by atoms with E-state index < -0.39 is 47.6 Å². The number of aryl methyl sites for hydroxylation is 1. The van der Waals surface area contributed by atoms with Gasteiger partial charge in [0.05, 0.1) is 6.04 Å². The summed E-state index contributed by atoms with van der Waals surface area (Å²) in [6.07, 6.45) is 2.07. The number of rotatable bonds is 18. The lowest BCUT2D eigenvalue weighted by Gasteiger charge is -2.25. The number of esters is 1. The molecule has 3 amide bonds. The number of guanidine groups is 1. The number of amides is 3. The minimum atomic E-state index is -0.956. The van der Waals surface area contributed by atoms with Crippen LogP contribution in [0.4, 0.5) is 4.79 Å². The maximum absolute atomic E-state index is 13.5. The summed E-state index contributed by atoms with van der Waals surface area (Å²) >= 11 is 0. The van der Waals surface area contributed by atoms with E-state index in [0.29, 0.717) is 45.2 Å². The lowest BCUT2D eigenvalue weighted by atomic mass is 10.0. The first-order valence-corrected chi connectivity index (χ1v) is 15.7. The van der Waals surface area contributed by atoms with Crippen molar-refractivity contribution in [2.75, 3.05) is 20.1 Å². The molecule has 8 N–H and O–H groups in total. The smallest absolute Gasteiger partial charge is 0.407 e. The largest absolute Gasteiger partial charge is 0.459 e. The van der Waals surface area contributed by atoms with Crippen molar-refractivity contribution in [2.24, 2.45) is 11.7 Å². The maximum atomic E-state index is 13.5. The topological polar surface area (TPSA) is 197 Å². The first-order chi connectivity index (χ1) is 21.1. The molecule has 3 atom stereocenters. The maximum Gasteiger partial charge on any atom is 0.407 e. The van der Waals surface area contributed by atoms with Gasteiger partial charge in [-0.15, -0.1) is 0 Å². The van der Waals surface area contributed by atoms with Gasteiger partial charge in [0.1, 0.15) is 24.3 Å². The predicted octanol–water partition coefficient (Wildman–Crippen LogP) is 2.60. The van der Waals surface area contributed by atoms with Crippen LogP contribution in [0.1, 0.15) is 84.3 Å². The number of nitrogens with two attached hydrogens (primary N) is 1. The van der Waals surface area contributed by atoms with Crippen molar-refractivity contribution in [1.82, 2.24) is 26.6 Å². The molecule has 1 aromatic rings.